The van der Waals surface area contributed by atoms with Crippen LogP contribution in [0.4, 0.5) is 5.69 Å². The molecule has 6 heteroatoms. The Morgan fingerprint density at radius 3 is 3.06 bits per heavy atom. The summed E-state index contributed by atoms with van der Waals surface area (Å²) in [6, 6.07) is 3.48. The molecule has 1 amide bonds. The molecule has 0 unspecified atom stereocenters. The van der Waals surface area contributed by atoms with E-state index >= 15 is 0 Å². The highest BCUT2D eigenvalue weighted by Crippen LogP contribution is 2.21. The molecule has 0 saturated carbocycles. The van der Waals surface area contributed by atoms with Crippen LogP contribution in [0.5, 0.6) is 0 Å². The number of carbonyl (C=O) groups excluding carboxylic acids is 1. The molecular formula is C11H10ClN3OS. The van der Waals surface area contributed by atoms with Gasteiger partial charge in [-0.25, -0.2) is 0 Å². The lowest BCUT2D eigenvalue weighted by Crippen LogP contribution is -2.09. The van der Waals surface area contributed by atoms with Crippen molar-refractivity contribution in [2.75, 3.05) is 5.32 Å². The van der Waals surface area contributed by atoms with Crippen molar-refractivity contribution < 1.29 is 4.79 Å². The molecule has 0 spiro atoms. The molecule has 0 aliphatic carbocycles. The standard InChI is InChI=1S/C11H10ClN3OS/c12-9-1-2-14-5-10(9)15-4-8-3-7(6-17-8)11(13)16/h1-3,5-6,15H,4H2,(H2,13,16). The van der Waals surface area contributed by atoms with Gasteiger partial charge in [-0.2, -0.15) is 0 Å². The molecule has 0 saturated heterocycles. The first-order valence-electron chi connectivity index (χ1n) is 4.87. The number of hydrogen-bond donors (Lipinski definition) is 2. The summed E-state index contributed by atoms with van der Waals surface area (Å²) < 4.78 is 0. The van der Waals surface area contributed by atoms with Crippen LogP contribution in [0.2, 0.25) is 5.02 Å². The number of primary amides is 1. The third-order valence-corrected chi connectivity index (χ3v) is 3.43. The van der Waals surface area contributed by atoms with Crippen molar-refractivity contribution in [1.29, 1.82) is 0 Å². The Bertz CT molecular complexity index is 541. The maximum absolute atomic E-state index is 10.9. The summed E-state index contributed by atoms with van der Waals surface area (Å²) in [5.74, 6) is -0.410. The maximum Gasteiger partial charge on any atom is 0.249 e. The molecule has 17 heavy (non-hydrogen) atoms. The van der Waals surface area contributed by atoms with Gasteiger partial charge in [0.25, 0.3) is 0 Å². The van der Waals surface area contributed by atoms with E-state index in [1.165, 1.54) is 11.3 Å². The summed E-state index contributed by atoms with van der Waals surface area (Å²) in [4.78, 5) is 15.9. The number of aromatic nitrogens is 1. The van der Waals surface area contributed by atoms with Crippen molar-refractivity contribution in [2.24, 2.45) is 5.73 Å². The molecule has 88 valence electrons. The first-order chi connectivity index (χ1) is 8.16. The van der Waals surface area contributed by atoms with Crippen molar-refractivity contribution in [3.63, 3.8) is 0 Å². The van der Waals surface area contributed by atoms with Crippen LogP contribution in [0, 0.1) is 0 Å². The zero-order valence-corrected chi connectivity index (χ0v) is 10.4. The number of thiophene rings is 1. The Morgan fingerprint density at radius 1 is 1.59 bits per heavy atom. The lowest BCUT2D eigenvalue weighted by molar-refractivity contribution is 0.100. The summed E-state index contributed by atoms with van der Waals surface area (Å²) in [6.07, 6.45) is 3.29. The molecular weight excluding hydrogens is 258 g/mol. The van der Waals surface area contributed by atoms with E-state index < -0.39 is 5.91 Å². The fraction of sp³-hybridized carbons (Fsp3) is 0.0909. The number of nitrogens with one attached hydrogen (secondary N) is 1. The largest absolute Gasteiger partial charge is 0.378 e. The number of halogens is 1. The van der Waals surface area contributed by atoms with Crippen molar-refractivity contribution in [3.8, 4) is 0 Å². The van der Waals surface area contributed by atoms with Crippen LogP contribution in [0.25, 0.3) is 0 Å². The maximum atomic E-state index is 10.9. The molecule has 0 radical (unpaired) electrons. The van der Waals surface area contributed by atoms with Crippen LogP contribution < -0.4 is 11.1 Å². The van der Waals surface area contributed by atoms with Gasteiger partial charge < -0.3 is 11.1 Å². The van der Waals surface area contributed by atoms with Gasteiger partial charge in [0.2, 0.25) is 5.91 Å². The second-order valence-electron chi connectivity index (χ2n) is 3.38. The van der Waals surface area contributed by atoms with E-state index in [-0.39, 0.29) is 0 Å². The Morgan fingerprint density at radius 2 is 2.41 bits per heavy atom. The van der Waals surface area contributed by atoms with Gasteiger partial charge in [0, 0.05) is 23.0 Å². The highest BCUT2D eigenvalue weighted by atomic mass is 35.5. The van der Waals surface area contributed by atoms with Gasteiger partial charge in [0.15, 0.2) is 0 Å². The van der Waals surface area contributed by atoms with Crippen molar-refractivity contribution in [1.82, 2.24) is 4.98 Å². The predicted molar refractivity (Wildman–Crippen MR) is 69.4 cm³/mol. The first kappa shape index (κ1) is 11.9. The van der Waals surface area contributed by atoms with Gasteiger partial charge in [0.05, 0.1) is 22.5 Å². The molecule has 0 aromatic carbocycles. The van der Waals surface area contributed by atoms with Gasteiger partial charge in [-0.1, -0.05) is 11.6 Å². The minimum absolute atomic E-state index is 0.410. The first-order valence-corrected chi connectivity index (χ1v) is 6.13. The lowest BCUT2D eigenvalue weighted by Gasteiger charge is -2.05. The van der Waals surface area contributed by atoms with E-state index in [0.29, 0.717) is 17.1 Å². The molecule has 0 aliphatic heterocycles. The normalized spacial score (nSPS) is 10.2. The van der Waals surface area contributed by atoms with E-state index in [9.17, 15) is 4.79 Å². The van der Waals surface area contributed by atoms with Crippen LogP contribution in [0.15, 0.2) is 29.9 Å². The Balaban J connectivity index is 2.02. The van der Waals surface area contributed by atoms with Crippen LogP contribution in [0.3, 0.4) is 0 Å². The van der Waals surface area contributed by atoms with Crippen LogP contribution in [-0.4, -0.2) is 10.9 Å². The lowest BCUT2D eigenvalue weighted by atomic mass is 10.3. The number of pyridine rings is 1. The molecule has 0 bridgehead atoms. The molecule has 3 N–H and O–H groups in total. The second kappa shape index (κ2) is 5.16. The van der Waals surface area contributed by atoms with Crippen LogP contribution >= 0.6 is 22.9 Å². The quantitative estimate of drug-likeness (QED) is 0.894. The summed E-state index contributed by atoms with van der Waals surface area (Å²) in [6.45, 7) is 0.587. The number of nitrogens with zero attached hydrogens (tertiary/aromatic N) is 1. The fourth-order valence-electron chi connectivity index (χ4n) is 1.29. The minimum atomic E-state index is -0.410. The van der Waals surface area contributed by atoms with Gasteiger partial charge in [-0.15, -0.1) is 11.3 Å². The molecule has 0 fully saturated rings. The average Bonchev–Trinajstić information content (AvgIpc) is 2.77. The number of carbonyl (C=O) groups is 1. The molecule has 0 aliphatic rings. The van der Waals surface area contributed by atoms with Crippen molar-refractivity contribution in [3.05, 3.63) is 45.4 Å². The van der Waals surface area contributed by atoms with E-state index in [1.54, 1.807) is 29.9 Å². The minimum Gasteiger partial charge on any atom is -0.378 e. The number of hydrogen-bond acceptors (Lipinski definition) is 4. The van der Waals surface area contributed by atoms with Gasteiger partial charge in [-0.05, 0) is 12.1 Å². The summed E-state index contributed by atoms with van der Waals surface area (Å²) in [7, 11) is 0. The SMILES string of the molecule is NC(=O)c1csc(CNc2cnccc2Cl)c1. The highest BCUT2D eigenvalue weighted by molar-refractivity contribution is 7.10. The molecule has 2 aromatic rings. The molecule has 2 rings (SSSR count). The summed E-state index contributed by atoms with van der Waals surface area (Å²) in [5, 5.41) is 5.50. The van der Waals surface area contributed by atoms with Crippen LogP contribution in [-0.2, 0) is 6.54 Å². The third-order valence-electron chi connectivity index (χ3n) is 2.16. The zero-order valence-electron chi connectivity index (χ0n) is 8.81. The second-order valence-corrected chi connectivity index (χ2v) is 4.78. The molecule has 0 atom stereocenters. The fourth-order valence-corrected chi connectivity index (χ4v) is 2.28. The molecule has 4 nitrogen and oxygen atoms in total. The number of anilines is 1. The average molecular weight is 268 g/mol. The highest BCUT2D eigenvalue weighted by Gasteiger charge is 2.05. The smallest absolute Gasteiger partial charge is 0.249 e. The van der Waals surface area contributed by atoms with E-state index in [4.69, 9.17) is 17.3 Å². The third kappa shape index (κ3) is 2.95. The number of amides is 1. The van der Waals surface area contributed by atoms with E-state index in [1.807, 2.05) is 0 Å². The Kier molecular flexibility index (Phi) is 3.61. The van der Waals surface area contributed by atoms with Crippen molar-refractivity contribution in [2.45, 2.75) is 6.54 Å². The Labute approximate surface area is 107 Å². The summed E-state index contributed by atoms with van der Waals surface area (Å²) in [5.41, 5.74) is 6.47. The topological polar surface area (TPSA) is 68.0 Å². The monoisotopic (exact) mass is 267 g/mol. The predicted octanol–water partition coefficient (Wildman–Crippen LogP) is 2.51. The zero-order chi connectivity index (χ0) is 12.3. The molecule has 2 heterocycles. The van der Waals surface area contributed by atoms with Gasteiger partial charge in [0.1, 0.15) is 0 Å². The van der Waals surface area contributed by atoms with Gasteiger partial charge in [-0.3, -0.25) is 9.78 Å². The summed E-state index contributed by atoms with van der Waals surface area (Å²) >= 11 is 7.45. The van der Waals surface area contributed by atoms with Crippen LogP contribution in [0.1, 0.15) is 15.2 Å². The van der Waals surface area contributed by atoms with E-state index in [0.717, 1.165) is 10.6 Å². The van der Waals surface area contributed by atoms with Gasteiger partial charge >= 0.3 is 0 Å². The molecule has 2 aromatic heterocycles. The van der Waals surface area contributed by atoms with E-state index in [2.05, 4.69) is 10.3 Å². The van der Waals surface area contributed by atoms with Crippen molar-refractivity contribution >= 4 is 34.5 Å². The Hall–Kier alpha value is -1.59. The number of rotatable bonds is 4. The number of nitrogens with two attached hydrogens (primary N) is 1.